The van der Waals surface area contributed by atoms with E-state index in [0.717, 1.165) is 6.42 Å². The van der Waals surface area contributed by atoms with E-state index >= 15 is 0 Å². The number of aliphatic hydroxyl groups excluding tert-OH is 1. The summed E-state index contributed by atoms with van der Waals surface area (Å²) in [6.45, 7) is 4.10. The van der Waals surface area contributed by atoms with Crippen LogP contribution in [-0.4, -0.2) is 35.0 Å². The number of ketones is 1. The SMILES string of the molecule is CC1(C)C2CCC(=O)C1C(OC(=O)C(O)[C@@H](NC(=O)c1ccccc1)c1ccccc1)C2. The minimum absolute atomic E-state index is 0.119. The van der Waals surface area contributed by atoms with Crippen molar-refractivity contribution in [3.8, 4) is 0 Å². The molecule has 2 aliphatic rings. The second-order valence-electron chi connectivity index (χ2n) is 9.38. The Hall–Kier alpha value is -2.99. The van der Waals surface area contributed by atoms with Gasteiger partial charge in [0.15, 0.2) is 6.10 Å². The van der Waals surface area contributed by atoms with Crippen LogP contribution in [0.5, 0.6) is 0 Å². The largest absolute Gasteiger partial charge is 0.460 e. The summed E-state index contributed by atoms with van der Waals surface area (Å²) in [5, 5.41) is 13.7. The fraction of sp³-hybridized carbons (Fsp3) is 0.423. The molecular weight excluding hydrogens is 406 g/mol. The molecule has 2 saturated carbocycles. The third-order valence-electron chi connectivity index (χ3n) is 7.13. The third-order valence-corrected chi connectivity index (χ3v) is 7.13. The molecule has 0 aliphatic heterocycles. The van der Waals surface area contributed by atoms with Crippen molar-refractivity contribution < 1.29 is 24.2 Å². The Morgan fingerprint density at radius 1 is 1.06 bits per heavy atom. The van der Waals surface area contributed by atoms with Gasteiger partial charge in [0.1, 0.15) is 11.9 Å². The number of carbonyl (C=O) groups excluding carboxylic acids is 3. The van der Waals surface area contributed by atoms with Crippen molar-refractivity contribution in [2.45, 2.75) is 51.4 Å². The van der Waals surface area contributed by atoms with Gasteiger partial charge in [-0.15, -0.1) is 0 Å². The molecule has 6 heteroatoms. The number of rotatable bonds is 6. The van der Waals surface area contributed by atoms with Gasteiger partial charge in [-0.25, -0.2) is 4.79 Å². The number of nitrogens with one attached hydrogen (secondary N) is 1. The second kappa shape index (κ2) is 8.87. The van der Waals surface area contributed by atoms with E-state index in [0.29, 0.717) is 29.9 Å². The van der Waals surface area contributed by atoms with Crippen molar-refractivity contribution in [1.82, 2.24) is 5.32 Å². The Balaban J connectivity index is 1.53. The van der Waals surface area contributed by atoms with Gasteiger partial charge in [0, 0.05) is 12.0 Å². The summed E-state index contributed by atoms with van der Waals surface area (Å²) in [6.07, 6.45) is -0.223. The van der Waals surface area contributed by atoms with Crippen LogP contribution in [0.15, 0.2) is 60.7 Å². The lowest BCUT2D eigenvalue weighted by atomic mass is 9.67. The van der Waals surface area contributed by atoms with Gasteiger partial charge >= 0.3 is 5.97 Å². The molecule has 2 N–H and O–H groups in total. The van der Waals surface area contributed by atoms with E-state index in [2.05, 4.69) is 19.2 Å². The van der Waals surface area contributed by atoms with E-state index < -0.39 is 30.1 Å². The highest BCUT2D eigenvalue weighted by Crippen LogP contribution is 2.54. The molecule has 1 amide bonds. The molecule has 0 radical (unpaired) electrons. The molecule has 32 heavy (non-hydrogen) atoms. The van der Waals surface area contributed by atoms with Gasteiger partial charge in [-0.05, 0) is 41.9 Å². The Morgan fingerprint density at radius 2 is 1.69 bits per heavy atom. The molecule has 168 valence electrons. The monoisotopic (exact) mass is 435 g/mol. The van der Waals surface area contributed by atoms with E-state index in [1.54, 1.807) is 54.6 Å². The van der Waals surface area contributed by atoms with Gasteiger partial charge in [0.2, 0.25) is 0 Å². The van der Waals surface area contributed by atoms with Gasteiger partial charge in [0.05, 0.1) is 12.0 Å². The topological polar surface area (TPSA) is 92.7 Å². The molecule has 5 atom stereocenters. The molecule has 2 aliphatic carbocycles. The zero-order valence-corrected chi connectivity index (χ0v) is 18.4. The van der Waals surface area contributed by atoms with Crippen LogP contribution >= 0.6 is 0 Å². The van der Waals surface area contributed by atoms with E-state index in [1.807, 2.05) is 6.07 Å². The van der Waals surface area contributed by atoms with Gasteiger partial charge in [-0.1, -0.05) is 62.4 Å². The fourth-order valence-corrected chi connectivity index (χ4v) is 5.33. The highest BCUT2D eigenvalue weighted by molar-refractivity contribution is 5.95. The van der Waals surface area contributed by atoms with Crippen LogP contribution in [-0.2, 0) is 14.3 Å². The first-order chi connectivity index (χ1) is 15.3. The Labute approximate surface area is 188 Å². The normalized spacial score (nSPS) is 25.6. The van der Waals surface area contributed by atoms with Crippen molar-refractivity contribution in [2.24, 2.45) is 17.3 Å². The zero-order valence-electron chi connectivity index (χ0n) is 18.4. The molecule has 0 heterocycles. The molecule has 2 aromatic rings. The number of hydrogen-bond donors (Lipinski definition) is 2. The Morgan fingerprint density at radius 3 is 2.34 bits per heavy atom. The first-order valence-corrected chi connectivity index (χ1v) is 11.1. The third kappa shape index (κ3) is 4.19. The number of ether oxygens (including phenoxy) is 1. The van der Waals surface area contributed by atoms with Gasteiger partial charge in [-0.2, -0.15) is 0 Å². The smallest absolute Gasteiger partial charge is 0.337 e. The predicted octanol–water partition coefficient (Wildman–Crippen LogP) is 3.46. The maximum absolute atomic E-state index is 13.0. The van der Waals surface area contributed by atoms with Crippen molar-refractivity contribution in [3.63, 3.8) is 0 Å². The van der Waals surface area contributed by atoms with Crippen molar-refractivity contribution in [2.75, 3.05) is 0 Å². The molecule has 0 aromatic heterocycles. The number of Topliss-reactive ketones (excluding diaryl/α,β-unsaturated/α-hetero) is 1. The highest BCUT2D eigenvalue weighted by Gasteiger charge is 2.56. The molecule has 0 spiro atoms. The molecule has 4 rings (SSSR count). The lowest BCUT2D eigenvalue weighted by Gasteiger charge is -2.37. The van der Waals surface area contributed by atoms with Crippen LogP contribution < -0.4 is 5.32 Å². The molecule has 2 fully saturated rings. The Bertz CT molecular complexity index is 988. The van der Waals surface area contributed by atoms with Crippen molar-refractivity contribution in [3.05, 3.63) is 71.8 Å². The summed E-state index contributed by atoms with van der Waals surface area (Å²) in [7, 11) is 0. The maximum Gasteiger partial charge on any atom is 0.337 e. The first-order valence-electron chi connectivity index (χ1n) is 11.1. The number of fused-ring (bicyclic) bond motifs is 2. The van der Waals surface area contributed by atoms with Gasteiger partial charge in [-0.3, -0.25) is 9.59 Å². The first kappa shape index (κ1) is 22.2. The molecule has 6 nitrogen and oxygen atoms in total. The number of amides is 1. The minimum Gasteiger partial charge on any atom is -0.460 e. The molecule has 2 bridgehead atoms. The van der Waals surface area contributed by atoms with Crippen LogP contribution in [0.2, 0.25) is 0 Å². The van der Waals surface area contributed by atoms with E-state index in [1.165, 1.54) is 0 Å². The predicted molar refractivity (Wildman–Crippen MR) is 119 cm³/mol. The van der Waals surface area contributed by atoms with E-state index in [4.69, 9.17) is 4.74 Å². The van der Waals surface area contributed by atoms with Gasteiger partial charge in [0.25, 0.3) is 5.91 Å². The van der Waals surface area contributed by atoms with Crippen LogP contribution in [0.25, 0.3) is 0 Å². The van der Waals surface area contributed by atoms with E-state index in [-0.39, 0.29) is 17.1 Å². The summed E-state index contributed by atoms with van der Waals surface area (Å²) in [5.41, 5.74) is 0.778. The quantitative estimate of drug-likeness (QED) is 0.678. The van der Waals surface area contributed by atoms with Crippen molar-refractivity contribution in [1.29, 1.82) is 0 Å². The Kier molecular flexibility index (Phi) is 6.15. The summed E-state index contributed by atoms with van der Waals surface area (Å²) in [6, 6.07) is 16.5. The lowest BCUT2D eigenvalue weighted by molar-refractivity contribution is -0.164. The average molecular weight is 436 g/mol. The standard InChI is InChI=1S/C26H29NO5/c1-26(2)18-13-14-19(28)21(26)20(15-18)32-25(31)23(29)22(16-9-5-3-6-10-16)27-24(30)17-11-7-4-8-12-17/h3-12,18,20-23,29H,13-15H2,1-2H3,(H,27,30)/t18?,20?,21?,22-,23?/m0/s1. The summed E-state index contributed by atoms with van der Waals surface area (Å²) in [5.74, 6) is -1.16. The number of aliphatic hydroxyl groups is 1. The average Bonchev–Trinajstić information content (AvgIpc) is 2.92. The number of hydrogen-bond acceptors (Lipinski definition) is 5. The van der Waals surface area contributed by atoms with Crippen molar-refractivity contribution >= 4 is 17.7 Å². The van der Waals surface area contributed by atoms with Gasteiger partial charge < -0.3 is 15.2 Å². The minimum atomic E-state index is -1.61. The van der Waals surface area contributed by atoms with Crippen LogP contribution in [0.1, 0.15) is 55.1 Å². The maximum atomic E-state index is 13.0. The summed E-state index contributed by atoms with van der Waals surface area (Å²) in [4.78, 5) is 38.3. The van der Waals surface area contributed by atoms with Crippen LogP contribution in [0.4, 0.5) is 0 Å². The van der Waals surface area contributed by atoms with Crippen LogP contribution in [0, 0.1) is 17.3 Å². The second-order valence-corrected chi connectivity index (χ2v) is 9.38. The van der Waals surface area contributed by atoms with Crippen LogP contribution in [0.3, 0.4) is 0 Å². The number of carbonyl (C=O) groups is 3. The van der Waals surface area contributed by atoms with E-state index in [9.17, 15) is 19.5 Å². The fourth-order valence-electron chi connectivity index (χ4n) is 5.33. The zero-order chi connectivity index (χ0) is 22.9. The molecule has 4 unspecified atom stereocenters. The molecular formula is C26H29NO5. The molecule has 2 aromatic carbocycles. The lowest BCUT2D eigenvalue weighted by Crippen LogP contribution is -2.44. The number of benzene rings is 2. The summed E-state index contributed by atoms with van der Waals surface area (Å²) < 4.78 is 5.72. The summed E-state index contributed by atoms with van der Waals surface area (Å²) >= 11 is 0. The number of esters is 1. The molecule has 0 saturated heterocycles. The highest BCUT2D eigenvalue weighted by atomic mass is 16.6.